The van der Waals surface area contributed by atoms with Crippen molar-refractivity contribution in [3.63, 3.8) is 0 Å². The van der Waals surface area contributed by atoms with Gasteiger partial charge in [-0.2, -0.15) is 0 Å². The molecule has 0 aliphatic carbocycles. The summed E-state index contributed by atoms with van der Waals surface area (Å²) in [6.45, 7) is 0.603. The van der Waals surface area contributed by atoms with Crippen molar-refractivity contribution in [3.8, 4) is 5.75 Å². The highest BCUT2D eigenvalue weighted by Gasteiger charge is 2.49. The number of rotatable bonds is 9. The van der Waals surface area contributed by atoms with Crippen LogP contribution in [0.5, 0.6) is 5.75 Å². The number of nitrogens with one attached hydrogen (secondary N) is 3. The third-order valence-electron chi connectivity index (χ3n) is 6.80. The Kier molecular flexibility index (Phi) is 7.81. The van der Waals surface area contributed by atoms with Crippen LogP contribution < -0.4 is 16.2 Å². The number of aromatic amines is 1. The maximum atomic E-state index is 13.9. The third-order valence-corrected chi connectivity index (χ3v) is 6.80. The largest absolute Gasteiger partial charge is 0.501 e. The number of carbonyl (C=O) groups excluding carboxylic acids is 2. The standard InChI is InChI=1S/C30H27FN4O5/c31-22-13-11-19(12-14-22)16-32-27(38)24-25(36)28(39)35-29(34-24)30(26(37)21-9-5-2-6-10-21)15-23(17-33-30)40-18-20-7-3-1-4-8-20/h1-14,23,33,36H,15-18H2,(H,32,38)(H,34,35,39)/t23-,30-/m1/s1. The van der Waals surface area contributed by atoms with Gasteiger partial charge in [0, 0.05) is 25.1 Å². The Labute approximate surface area is 229 Å². The highest BCUT2D eigenvalue weighted by molar-refractivity contribution is 6.04. The van der Waals surface area contributed by atoms with Gasteiger partial charge in [-0.1, -0.05) is 72.8 Å². The van der Waals surface area contributed by atoms with Crippen LogP contribution in [0.25, 0.3) is 0 Å². The van der Waals surface area contributed by atoms with Crippen molar-refractivity contribution >= 4 is 11.7 Å². The number of Topliss-reactive ketones (excluding diaryl/α,β-unsaturated/α-hetero) is 1. The van der Waals surface area contributed by atoms with Crippen LogP contribution in [-0.2, 0) is 23.4 Å². The van der Waals surface area contributed by atoms with Crippen molar-refractivity contribution in [1.29, 1.82) is 0 Å². The summed E-state index contributed by atoms with van der Waals surface area (Å²) in [7, 11) is 0. The number of benzene rings is 3. The summed E-state index contributed by atoms with van der Waals surface area (Å²) in [6.07, 6.45) is -0.291. The molecule has 1 fully saturated rings. The van der Waals surface area contributed by atoms with Crippen molar-refractivity contribution in [3.05, 3.63) is 129 Å². The molecule has 1 amide bonds. The van der Waals surface area contributed by atoms with Crippen molar-refractivity contribution < 1.29 is 23.8 Å². The lowest BCUT2D eigenvalue weighted by molar-refractivity contribution is 0.0468. The Morgan fingerprint density at radius 2 is 1.68 bits per heavy atom. The minimum atomic E-state index is -1.53. The SMILES string of the molecule is O=C(NCc1ccc(F)cc1)c1nc([C@]2(C(=O)c3ccccc3)C[C@@H](OCc3ccccc3)CN2)[nH]c(=O)c1O. The van der Waals surface area contributed by atoms with Gasteiger partial charge in [0.1, 0.15) is 17.2 Å². The molecule has 1 saturated heterocycles. The molecule has 40 heavy (non-hydrogen) atoms. The van der Waals surface area contributed by atoms with Crippen LogP contribution >= 0.6 is 0 Å². The van der Waals surface area contributed by atoms with E-state index in [2.05, 4.69) is 20.6 Å². The zero-order valence-corrected chi connectivity index (χ0v) is 21.4. The average Bonchev–Trinajstić information content (AvgIpc) is 3.43. The van der Waals surface area contributed by atoms with Gasteiger partial charge in [0.25, 0.3) is 11.5 Å². The van der Waals surface area contributed by atoms with E-state index in [-0.39, 0.29) is 31.1 Å². The number of aromatic hydroxyl groups is 1. The number of hydrogen-bond donors (Lipinski definition) is 4. The zero-order chi connectivity index (χ0) is 28.1. The normalized spacial score (nSPS) is 18.4. The van der Waals surface area contributed by atoms with Crippen LogP contribution in [0.15, 0.2) is 89.7 Å². The first-order chi connectivity index (χ1) is 19.4. The van der Waals surface area contributed by atoms with Crippen LogP contribution in [0.3, 0.4) is 0 Å². The lowest BCUT2D eigenvalue weighted by Crippen LogP contribution is -2.47. The van der Waals surface area contributed by atoms with Crippen LogP contribution in [0.4, 0.5) is 4.39 Å². The summed E-state index contributed by atoms with van der Waals surface area (Å²) in [5.41, 5.74) is -1.08. The van der Waals surface area contributed by atoms with Gasteiger partial charge in [-0.3, -0.25) is 19.7 Å². The predicted octanol–water partition coefficient (Wildman–Crippen LogP) is 3.20. The van der Waals surface area contributed by atoms with E-state index in [1.165, 1.54) is 24.3 Å². The highest BCUT2D eigenvalue weighted by Crippen LogP contribution is 2.34. The first-order valence-electron chi connectivity index (χ1n) is 12.7. The summed E-state index contributed by atoms with van der Waals surface area (Å²) in [5, 5.41) is 16.2. The number of nitrogens with zero attached hydrogens (tertiary/aromatic N) is 1. The number of H-pyrrole nitrogens is 1. The van der Waals surface area contributed by atoms with Crippen molar-refractivity contribution in [2.24, 2.45) is 0 Å². The molecule has 9 nitrogen and oxygen atoms in total. The van der Waals surface area contributed by atoms with Crippen LogP contribution in [0.2, 0.25) is 0 Å². The maximum Gasteiger partial charge on any atom is 0.294 e. The molecule has 1 aliphatic heterocycles. The molecule has 4 aromatic rings. The topological polar surface area (TPSA) is 133 Å². The van der Waals surface area contributed by atoms with Gasteiger partial charge in [-0.05, 0) is 23.3 Å². The molecule has 3 aromatic carbocycles. The maximum absolute atomic E-state index is 13.9. The second kappa shape index (κ2) is 11.6. The fraction of sp³-hybridized carbons (Fsp3) is 0.200. The van der Waals surface area contributed by atoms with Gasteiger partial charge < -0.3 is 20.1 Å². The van der Waals surface area contributed by atoms with Gasteiger partial charge in [-0.15, -0.1) is 0 Å². The molecular weight excluding hydrogens is 515 g/mol. The first-order valence-corrected chi connectivity index (χ1v) is 12.7. The van der Waals surface area contributed by atoms with Crippen LogP contribution in [-0.4, -0.2) is 39.4 Å². The molecular formula is C30H27FN4O5. The Morgan fingerprint density at radius 3 is 2.38 bits per heavy atom. The van der Waals surface area contributed by atoms with Crippen molar-refractivity contribution in [2.45, 2.75) is 31.2 Å². The van der Waals surface area contributed by atoms with Gasteiger partial charge in [-0.25, -0.2) is 9.37 Å². The quantitative estimate of drug-likeness (QED) is 0.239. The number of aromatic nitrogens is 2. The van der Waals surface area contributed by atoms with Gasteiger partial charge in [0.05, 0.1) is 12.7 Å². The van der Waals surface area contributed by atoms with E-state index in [0.29, 0.717) is 17.7 Å². The molecule has 10 heteroatoms. The summed E-state index contributed by atoms with van der Waals surface area (Å²) in [5.74, 6) is -2.60. The molecule has 0 unspecified atom stereocenters. The van der Waals surface area contributed by atoms with E-state index in [4.69, 9.17) is 4.74 Å². The molecule has 4 N–H and O–H groups in total. The third kappa shape index (κ3) is 5.68. The minimum absolute atomic E-state index is 0.00407. The monoisotopic (exact) mass is 542 g/mol. The van der Waals surface area contributed by atoms with Crippen LogP contribution in [0, 0.1) is 5.82 Å². The fourth-order valence-electron chi connectivity index (χ4n) is 4.67. The Hall–Kier alpha value is -4.67. The van der Waals surface area contributed by atoms with E-state index in [0.717, 1.165) is 5.56 Å². The first kappa shape index (κ1) is 26.9. The molecule has 1 aromatic heterocycles. The number of carbonyl (C=O) groups is 2. The van der Waals surface area contributed by atoms with Gasteiger partial charge >= 0.3 is 0 Å². The summed E-state index contributed by atoms with van der Waals surface area (Å²) < 4.78 is 19.3. The second-order valence-electron chi connectivity index (χ2n) is 9.53. The molecule has 2 atom stereocenters. The number of hydrogen-bond acceptors (Lipinski definition) is 7. The molecule has 0 radical (unpaired) electrons. The Balaban J connectivity index is 1.45. The smallest absolute Gasteiger partial charge is 0.294 e. The molecule has 0 saturated carbocycles. The molecule has 5 rings (SSSR count). The zero-order valence-electron chi connectivity index (χ0n) is 21.4. The summed E-state index contributed by atoms with van der Waals surface area (Å²) >= 11 is 0. The molecule has 1 aliphatic rings. The highest BCUT2D eigenvalue weighted by atomic mass is 19.1. The molecule has 0 spiro atoms. The van der Waals surface area contributed by atoms with E-state index < -0.39 is 40.4 Å². The lowest BCUT2D eigenvalue weighted by atomic mass is 9.86. The number of halogens is 1. The van der Waals surface area contributed by atoms with Crippen LogP contribution in [0.1, 0.15) is 44.2 Å². The molecule has 0 bridgehead atoms. The number of ketones is 1. The Morgan fingerprint density at radius 1 is 1.00 bits per heavy atom. The Bertz CT molecular complexity index is 1560. The predicted molar refractivity (Wildman–Crippen MR) is 144 cm³/mol. The van der Waals surface area contributed by atoms with Gasteiger partial charge in [0.2, 0.25) is 5.75 Å². The molecule has 204 valence electrons. The number of amides is 1. The summed E-state index contributed by atoms with van der Waals surface area (Å²) in [6, 6.07) is 23.6. The van der Waals surface area contributed by atoms with Crippen molar-refractivity contribution in [1.82, 2.24) is 20.6 Å². The average molecular weight is 543 g/mol. The van der Waals surface area contributed by atoms with E-state index in [9.17, 15) is 23.9 Å². The van der Waals surface area contributed by atoms with E-state index in [1.54, 1.807) is 30.3 Å². The van der Waals surface area contributed by atoms with Gasteiger partial charge in [0.15, 0.2) is 11.5 Å². The van der Waals surface area contributed by atoms with E-state index in [1.807, 2.05) is 30.3 Å². The van der Waals surface area contributed by atoms with Crippen molar-refractivity contribution in [2.75, 3.05) is 6.54 Å². The second-order valence-corrected chi connectivity index (χ2v) is 9.53. The number of ether oxygens (including phenoxy) is 1. The summed E-state index contributed by atoms with van der Waals surface area (Å²) in [4.78, 5) is 46.5. The van der Waals surface area contributed by atoms with E-state index >= 15 is 0 Å². The lowest BCUT2D eigenvalue weighted by Gasteiger charge is -2.27. The minimum Gasteiger partial charge on any atom is -0.501 e. The molecule has 2 heterocycles. The fourth-order valence-corrected chi connectivity index (χ4v) is 4.67.